The molecule has 0 bridgehead atoms. The Kier molecular flexibility index (Phi) is 3.44. The van der Waals surface area contributed by atoms with Crippen molar-refractivity contribution >= 4 is 16.6 Å². The molecule has 0 unspecified atom stereocenters. The molecular formula is C17H18N2O2. The number of nitrogen functional groups attached to an aromatic ring is 1. The Morgan fingerprint density at radius 2 is 1.76 bits per heavy atom. The smallest absolute Gasteiger partial charge is 0.120 e. The molecule has 2 aromatic carbocycles. The number of hydrogen-bond donors (Lipinski definition) is 1. The summed E-state index contributed by atoms with van der Waals surface area (Å²) < 4.78 is 13.0. The minimum Gasteiger partial charge on any atom is -0.497 e. The van der Waals surface area contributed by atoms with Gasteiger partial charge in [-0.2, -0.15) is 0 Å². The fourth-order valence-electron chi connectivity index (χ4n) is 2.43. The van der Waals surface area contributed by atoms with Gasteiger partial charge in [0.15, 0.2) is 0 Å². The van der Waals surface area contributed by atoms with Gasteiger partial charge >= 0.3 is 0 Å². The number of rotatable bonds is 4. The zero-order chi connectivity index (χ0) is 14.8. The van der Waals surface area contributed by atoms with Gasteiger partial charge in [0.05, 0.1) is 12.6 Å². The summed E-state index contributed by atoms with van der Waals surface area (Å²) >= 11 is 0. The molecule has 1 aromatic heterocycles. The van der Waals surface area contributed by atoms with Crippen LogP contribution in [0.3, 0.4) is 0 Å². The molecule has 0 spiro atoms. The average Bonchev–Trinajstić information content (AvgIpc) is 2.81. The van der Waals surface area contributed by atoms with Gasteiger partial charge in [0.25, 0.3) is 0 Å². The number of nitrogens with zero attached hydrogens (tertiary/aromatic N) is 1. The summed E-state index contributed by atoms with van der Waals surface area (Å²) in [6, 6.07) is 13.5. The number of methoxy groups -OCH3 is 1. The predicted molar refractivity (Wildman–Crippen MR) is 84.7 cm³/mol. The van der Waals surface area contributed by atoms with Crippen molar-refractivity contribution in [2.45, 2.75) is 6.61 Å². The number of aromatic nitrogens is 1. The molecular weight excluding hydrogens is 264 g/mol. The van der Waals surface area contributed by atoms with Crippen molar-refractivity contribution in [3.8, 4) is 11.5 Å². The molecule has 0 radical (unpaired) electrons. The third-order valence-electron chi connectivity index (χ3n) is 3.55. The lowest BCUT2D eigenvalue weighted by atomic mass is 10.1. The Balaban J connectivity index is 1.81. The number of nitrogens with two attached hydrogens (primary N) is 1. The number of aryl methyl sites for hydroxylation is 1. The molecule has 2 N–H and O–H groups in total. The molecule has 0 aliphatic carbocycles. The maximum absolute atomic E-state index is 5.84. The van der Waals surface area contributed by atoms with Crippen LogP contribution in [0.2, 0.25) is 0 Å². The summed E-state index contributed by atoms with van der Waals surface area (Å²) in [7, 11) is 3.66. The Morgan fingerprint density at radius 3 is 2.48 bits per heavy atom. The van der Waals surface area contributed by atoms with E-state index in [0.29, 0.717) is 6.61 Å². The van der Waals surface area contributed by atoms with Crippen LogP contribution >= 0.6 is 0 Å². The van der Waals surface area contributed by atoms with Crippen LogP contribution < -0.4 is 15.2 Å². The second kappa shape index (κ2) is 5.40. The van der Waals surface area contributed by atoms with Crippen molar-refractivity contribution in [3.63, 3.8) is 0 Å². The fourth-order valence-corrected chi connectivity index (χ4v) is 2.43. The Bertz CT molecular complexity index is 760. The molecule has 0 saturated heterocycles. The van der Waals surface area contributed by atoms with Crippen molar-refractivity contribution < 1.29 is 9.47 Å². The van der Waals surface area contributed by atoms with Gasteiger partial charge in [-0.05, 0) is 36.4 Å². The molecule has 0 saturated carbocycles. The first-order valence-corrected chi connectivity index (χ1v) is 6.77. The fraction of sp³-hybridized carbons (Fsp3) is 0.176. The van der Waals surface area contributed by atoms with E-state index in [1.165, 1.54) is 5.39 Å². The summed E-state index contributed by atoms with van der Waals surface area (Å²) in [5, 5.41) is 1.17. The van der Waals surface area contributed by atoms with Crippen LogP contribution in [0.15, 0.2) is 48.7 Å². The summed E-state index contributed by atoms with van der Waals surface area (Å²) in [6.45, 7) is 0.521. The van der Waals surface area contributed by atoms with E-state index in [4.69, 9.17) is 15.2 Å². The van der Waals surface area contributed by atoms with Crippen LogP contribution in [-0.2, 0) is 13.7 Å². The van der Waals surface area contributed by atoms with Gasteiger partial charge < -0.3 is 19.8 Å². The van der Waals surface area contributed by atoms with Crippen LogP contribution in [0.5, 0.6) is 11.5 Å². The normalized spacial score (nSPS) is 10.8. The predicted octanol–water partition coefficient (Wildman–Crippen LogP) is 3.35. The van der Waals surface area contributed by atoms with Gasteiger partial charge in [-0.3, -0.25) is 0 Å². The second-order valence-electron chi connectivity index (χ2n) is 5.01. The molecule has 3 rings (SSSR count). The summed E-state index contributed by atoms with van der Waals surface area (Å²) in [4.78, 5) is 0. The minimum atomic E-state index is 0.521. The molecule has 0 fully saturated rings. The zero-order valence-electron chi connectivity index (χ0n) is 12.2. The van der Waals surface area contributed by atoms with Crippen molar-refractivity contribution in [2.24, 2.45) is 7.05 Å². The minimum absolute atomic E-state index is 0.521. The Labute approximate surface area is 123 Å². The summed E-state index contributed by atoms with van der Waals surface area (Å²) in [5.41, 5.74) is 8.86. The van der Waals surface area contributed by atoms with Crippen LogP contribution in [0.4, 0.5) is 5.69 Å². The lowest BCUT2D eigenvalue weighted by molar-refractivity contribution is 0.306. The number of hydrogen-bond acceptors (Lipinski definition) is 3. The topological polar surface area (TPSA) is 49.4 Å². The molecule has 0 amide bonds. The van der Waals surface area contributed by atoms with Crippen molar-refractivity contribution in [2.75, 3.05) is 12.8 Å². The summed E-state index contributed by atoms with van der Waals surface area (Å²) in [5.74, 6) is 1.64. The highest BCUT2D eigenvalue weighted by Crippen LogP contribution is 2.25. The third kappa shape index (κ3) is 2.65. The SMILES string of the molecule is COc1ccc(OCc2cn(C)c3cc(N)ccc23)cc1. The monoisotopic (exact) mass is 282 g/mol. The average molecular weight is 282 g/mol. The Morgan fingerprint density at radius 1 is 1.05 bits per heavy atom. The quantitative estimate of drug-likeness (QED) is 0.747. The highest BCUT2D eigenvalue weighted by atomic mass is 16.5. The first kappa shape index (κ1) is 13.4. The van der Waals surface area contributed by atoms with Crippen LogP contribution in [0, 0.1) is 0 Å². The van der Waals surface area contributed by atoms with E-state index in [9.17, 15) is 0 Å². The van der Waals surface area contributed by atoms with E-state index >= 15 is 0 Å². The van der Waals surface area contributed by atoms with Crippen molar-refractivity contribution in [1.29, 1.82) is 0 Å². The summed E-state index contributed by atoms with van der Waals surface area (Å²) in [6.07, 6.45) is 2.08. The van der Waals surface area contributed by atoms with Gasteiger partial charge in [-0.15, -0.1) is 0 Å². The second-order valence-corrected chi connectivity index (χ2v) is 5.01. The van der Waals surface area contributed by atoms with Gasteiger partial charge in [0, 0.05) is 29.9 Å². The van der Waals surface area contributed by atoms with Crippen LogP contribution in [-0.4, -0.2) is 11.7 Å². The lowest BCUT2D eigenvalue weighted by Gasteiger charge is -2.06. The van der Waals surface area contributed by atoms with E-state index in [1.54, 1.807) is 7.11 Å². The Hall–Kier alpha value is -2.62. The van der Waals surface area contributed by atoms with Crippen LogP contribution in [0.25, 0.3) is 10.9 Å². The van der Waals surface area contributed by atoms with E-state index < -0.39 is 0 Å². The highest BCUT2D eigenvalue weighted by molar-refractivity contribution is 5.86. The van der Waals surface area contributed by atoms with E-state index in [1.807, 2.05) is 49.5 Å². The van der Waals surface area contributed by atoms with E-state index in [2.05, 4.69) is 10.8 Å². The maximum atomic E-state index is 5.84. The first-order valence-electron chi connectivity index (χ1n) is 6.77. The molecule has 4 heteroatoms. The van der Waals surface area contributed by atoms with Gasteiger partial charge in [0.1, 0.15) is 18.1 Å². The number of ether oxygens (including phenoxy) is 2. The lowest BCUT2D eigenvalue weighted by Crippen LogP contribution is -1.94. The molecule has 0 aliphatic rings. The molecule has 4 nitrogen and oxygen atoms in total. The van der Waals surface area contributed by atoms with Crippen molar-refractivity contribution in [3.05, 3.63) is 54.2 Å². The highest BCUT2D eigenvalue weighted by Gasteiger charge is 2.07. The largest absolute Gasteiger partial charge is 0.497 e. The zero-order valence-corrected chi connectivity index (χ0v) is 12.2. The number of anilines is 1. The van der Waals surface area contributed by atoms with Crippen LogP contribution in [0.1, 0.15) is 5.56 Å². The van der Waals surface area contributed by atoms with E-state index in [0.717, 1.165) is 28.3 Å². The number of fused-ring (bicyclic) bond motifs is 1. The molecule has 3 aromatic rings. The van der Waals surface area contributed by atoms with E-state index in [-0.39, 0.29) is 0 Å². The standard InChI is InChI=1S/C17H18N2O2/c1-19-10-12(16-8-3-13(18)9-17(16)19)11-21-15-6-4-14(20-2)5-7-15/h3-10H,11,18H2,1-2H3. The van der Waals surface area contributed by atoms with Gasteiger partial charge in [-0.1, -0.05) is 6.07 Å². The molecule has 0 atom stereocenters. The molecule has 0 aliphatic heterocycles. The molecule has 108 valence electrons. The molecule has 21 heavy (non-hydrogen) atoms. The third-order valence-corrected chi connectivity index (χ3v) is 3.55. The molecule has 1 heterocycles. The van der Waals surface area contributed by atoms with Gasteiger partial charge in [-0.25, -0.2) is 0 Å². The first-order chi connectivity index (χ1) is 10.2. The van der Waals surface area contributed by atoms with Gasteiger partial charge in [0.2, 0.25) is 0 Å². The maximum Gasteiger partial charge on any atom is 0.120 e. The number of benzene rings is 2. The van der Waals surface area contributed by atoms with Crippen molar-refractivity contribution in [1.82, 2.24) is 4.57 Å².